The second kappa shape index (κ2) is 2.81. The van der Waals surface area contributed by atoms with Crippen LogP contribution in [0.15, 0.2) is 10.7 Å². The zero-order chi connectivity index (χ0) is 10.4. The van der Waals surface area contributed by atoms with E-state index in [2.05, 4.69) is 5.16 Å². The van der Waals surface area contributed by atoms with Crippen molar-refractivity contribution in [3.8, 4) is 0 Å². The number of aryl methyl sites for hydroxylation is 1. The van der Waals surface area contributed by atoms with Gasteiger partial charge in [0, 0.05) is 17.5 Å². The fourth-order valence-electron chi connectivity index (χ4n) is 2.11. The summed E-state index contributed by atoms with van der Waals surface area (Å²) in [4.78, 5) is 0. The van der Waals surface area contributed by atoms with Gasteiger partial charge in [-0.15, -0.1) is 0 Å². The van der Waals surface area contributed by atoms with Gasteiger partial charge in [0.15, 0.2) is 5.76 Å². The highest BCUT2D eigenvalue weighted by atomic mass is 16.5. The van der Waals surface area contributed by atoms with Gasteiger partial charge in [0.05, 0.1) is 6.20 Å². The maximum atomic E-state index is 10.5. The van der Waals surface area contributed by atoms with E-state index in [-0.39, 0.29) is 12.0 Å². The Balaban J connectivity index is 2.55. The van der Waals surface area contributed by atoms with Crippen LogP contribution in [0.4, 0.5) is 0 Å². The van der Waals surface area contributed by atoms with E-state index in [4.69, 9.17) is 10.3 Å². The summed E-state index contributed by atoms with van der Waals surface area (Å²) in [5.74, 6) is 0.552. The fourth-order valence-corrected chi connectivity index (χ4v) is 2.11. The Morgan fingerprint density at radius 3 is 3.00 bits per heavy atom. The predicted octanol–water partition coefficient (Wildman–Crippen LogP) is 0.793. The van der Waals surface area contributed by atoms with Crippen molar-refractivity contribution in [3.63, 3.8) is 0 Å². The fraction of sp³-hybridized carbons (Fsp3) is 0.700. The predicted molar refractivity (Wildman–Crippen MR) is 51.6 cm³/mol. The van der Waals surface area contributed by atoms with Gasteiger partial charge in [-0.1, -0.05) is 19.0 Å². The van der Waals surface area contributed by atoms with Crippen molar-refractivity contribution in [2.45, 2.75) is 32.3 Å². The van der Waals surface area contributed by atoms with E-state index in [9.17, 15) is 5.11 Å². The number of hydrogen-bond donors (Lipinski definition) is 2. The summed E-state index contributed by atoms with van der Waals surface area (Å²) in [6, 6.07) is 0. The molecule has 0 amide bonds. The van der Waals surface area contributed by atoms with Crippen LogP contribution in [0.1, 0.15) is 31.6 Å². The number of nitrogens with zero attached hydrogens (tertiary/aromatic N) is 1. The lowest BCUT2D eigenvalue weighted by molar-refractivity contribution is -0.0960. The summed E-state index contributed by atoms with van der Waals surface area (Å²) in [6.45, 7) is 4.18. The Hall–Kier alpha value is -0.870. The number of aliphatic hydroxyl groups is 1. The molecule has 0 bridgehead atoms. The molecule has 0 aliphatic heterocycles. The molecular weight excluding hydrogens is 180 g/mol. The molecule has 1 aliphatic rings. The smallest absolute Gasteiger partial charge is 0.173 e. The molecule has 0 spiro atoms. The van der Waals surface area contributed by atoms with E-state index in [1.54, 1.807) is 6.20 Å². The van der Waals surface area contributed by atoms with Crippen LogP contribution in [0.25, 0.3) is 0 Å². The third kappa shape index (κ3) is 1.04. The number of aromatic nitrogens is 1. The zero-order valence-corrected chi connectivity index (χ0v) is 8.58. The second-order valence-electron chi connectivity index (χ2n) is 4.63. The molecule has 14 heavy (non-hydrogen) atoms. The van der Waals surface area contributed by atoms with Crippen LogP contribution < -0.4 is 5.73 Å². The molecule has 0 saturated heterocycles. The van der Waals surface area contributed by atoms with Gasteiger partial charge < -0.3 is 15.4 Å². The van der Waals surface area contributed by atoms with Gasteiger partial charge in [-0.05, 0) is 12.8 Å². The molecule has 1 aliphatic carbocycles. The first-order chi connectivity index (χ1) is 6.51. The van der Waals surface area contributed by atoms with Gasteiger partial charge in [0.1, 0.15) is 5.60 Å². The topological polar surface area (TPSA) is 72.3 Å². The SMILES string of the molecule is CC1(C)CCc2cnoc2C1(O)CN. The number of hydrogen-bond acceptors (Lipinski definition) is 4. The van der Waals surface area contributed by atoms with Gasteiger partial charge in [0.2, 0.25) is 0 Å². The van der Waals surface area contributed by atoms with Crippen molar-refractivity contribution in [2.24, 2.45) is 11.1 Å². The van der Waals surface area contributed by atoms with E-state index in [0.717, 1.165) is 18.4 Å². The standard InChI is InChI=1S/C10H16N2O2/c1-9(2)4-3-7-5-12-14-8(7)10(9,13)6-11/h5,13H,3-4,6,11H2,1-2H3. The molecule has 4 nitrogen and oxygen atoms in total. The highest BCUT2D eigenvalue weighted by Crippen LogP contribution is 2.47. The van der Waals surface area contributed by atoms with Crippen LogP contribution in [-0.2, 0) is 12.0 Å². The lowest BCUT2D eigenvalue weighted by atomic mass is 9.65. The average molecular weight is 196 g/mol. The first-order valence-electron chi connectivity index (χ1n) is 4.88. The molecule has 4 heteroatoms. The van der Waals surface area contributed by atoms with E-state index in [1.807, 2.05) is 13.8 Å². The monoisotopic (exact) mass is 196 g/mol. The number of rotatable bonds is 1. The van der Waals surface area contributed by atoms with Crippen molar-refractivity contribution in [2.75, 3.05) is 6.54 Å². The van der Waals surface area contributed by atoms with Crippen molar-refractivity contribution >= 4 is 0 Å². The van der Waals surface area contributed by atoms with E-state index >= 15 is 0 Å². The van der Waals surface area contributed by atoms with Crippen LogP contribution in [0, 0.1) is 5.41 Å². The first kappa shape index (κ1) is 9.68. The van der Waals surface area contributed by atoms with Crippen LogP contribution in [-0.4, -0.2) is 16.8 Å². The Morgan fingerprint density at radius 2 is 2.36 bits per heavy atom. The summed E-state index contributed by atoms with van der Waals surface area (Å²) in [6.07, 6.45) is 3.47. The molecule has 78 valence electrons. The van der Waals surface area contributed by atoms with Gasteiger partial charge in [-0.2, -0.15) is 0 Å². The van der Waals surface area contributed by atoms with E-state index in [0.29, 0.717) is 5.76 Å². The van der Waals surface area contributed by atoms with Crippen LogP contribution in [0.2, 0.25) is 0 Å². The number of nitrogens with two attached hydrogens (primary N) is 1. The summed E-state index contributed by atoms with van der Waals surface area (Å²) in [7, 11) is 0. The van der Waals surface area contributed by atoms with Gasteiger partial charge >= 0.3 is 0 Å². The third-order valence-corrected chi connectivity index (χ3v) is 3.45. The molecule has 2 rings (SSSR count). The quantitative estimate of drug-likeness (QED) is 0.696. The lowest BCUT2D eigenvalue weighted by Gasteiger charge is -2.43. The number of fused-ring (bicyclic) bond motifs is 1. The van der Waals surface area contributed by atoms with Crippen molar-refractivity contribution in [1.29, 1.82) is 0 Å². The Bertz CT molecular complexity index is 346. The summed E-state index contributed by atoms with van der Waals surface area (Å²) >= 11 is 0. The normalized spacial score (nSPS) is 30.0. The summed E-state index contributed by atoms with van der Waals surface area (Å²) < 4.78 is 5.12. The second-order valence-corrected chi connectivity index (χ2v) is 4.63. The molecule has 0 aromatic carbocycles. The molecule has 0 radical (unpaired) electrons. The van der Waals surface area contributed by atoms with Gasteiger partial charge in [0.25, 0.3) is 0 Å². The molecule has 1 heterocycles. The highest BCUT2D eigenvalue weighted by Gasteiger charge is 2.50. The minimum Gasteiger partial charge on any atom is -0.380 e. The lowest BCUT2D eigenvalue weighted by Crippen LogP contribution is -2.50. The van der Waals surface area contributed by atoms with Gasteiger partial charge in [-0.3, -0.25) is 0 Å². The average Bonchev–Trinajstić information content (AvgIpc) is 2.60. The molecule has 1 atom stereocenters. The first-order valence-corrected chi connectivity index (χ1v) is 4.88. The molecular formula is C10H16N2O2. The molecule has 1 unspecified atom stereocenters. The van der Waals surface area contributed by atoms with E-state index in [1.165, 1.54) is 0 Å². The minimum absolute atomic E-state index is 0.169. The van der Waals surface area contributed by atoms with Crippen LogP contribution >= 0.6 is 0 Å². The Morgan fingerprint density at radius 1 is 1.64 bits per heavy atom. The molecule has 1 aromatic heterocycles. The molecule has 0 saturated carbocycles. The van der Waals surface area contributed by atoms with Crippen molar-refractivity contribution < 1.29 is 9.63 Å². The van der Waals surface area contributed by atoms with Crippen molar-refractivity contribution in [1.82, 2.24) is 5.16 Å². The van der Waals surface area contributed by atoms with E-state index < -0.39 is 5.60 Å². The van der Waals surface area contributed by atoms with Gasteiger partial charge in [-0.25, -0.2) is 0 Å². The van der Waals surface area contributed by atoms with Crippen molar-refractivity contribution in [3.05, 3.63) is 17.5 Å². The highest BCUT2D eigenvalue weighted by molar-refractivity contribution is 5.27. The largest absolute Gasteiger partial charge is 0.380 e. The minimum atomic E-state index is -1.07. The van der Waals surface area contributed by atoms with Crippen LogP contribution in [0.5, 0.6) is 0 Å². The summed E-state index contributed by atoms with van der Waals surface area (Å²) in [5.41, 5.74) is 5.30. The van der Waals surface area contributed by atoms with Crippen LogP contribution in [0.3, 0.4) is 0 Å². The maximum absolute atomic E-state index is 10.5. The summed E-state index contributed by atoms with van der Waals surface area (Å²) in [5, 5.41) is 14.2. The molecule has 1 aromatic rings. The Kier molecular flexibility index (Phi) is 1.94. The molecule has 0 fully saturated rings. The zero-order valence-electron chi connectivity index (χ0n) is 8.58. The Labute approximate surface area is 83.1 Å². The third-order valence-electron chi connectivity index (χ3n) is 3.45. The maximum Gasteiger partial charge on any atom is 0.173 e. The molecule has 3 N–H and O–H groups in total.